The van der Waals surface area contributed by atoms with Crippen LogP contribution >= 0.6 is 11.3 Å². The average Bonchev–Trinajstić information content (AvgIpc) is 2.88. The first-order valence-corrected chi connectivity index (χ1v) is 6.41. The zero-order valence-corrected chi connectivity index (χ0v) is 10.7. The summed E-state index contributed by atoms with van der Waals surface area (Å²) in [6.45, 7) is 3.32. The van der Waals surface area contributed by atoms with Crippen LogP contribution in [-0.2, 0) is 6.54 Å². The topological polar surface area (TPSA) is 66.3 Å². The van der Waals surface area contributed by atoms with Gasteiger partial charge in [-0.2, -0.15) is 0 Å². The second-order valence-electron chi connectivity index (χ2n) is 3.66. The molecule has 2 aromatic rings. The number of aromatic nitrogens is 2. The third-order valence-corrected chi connectivity index (χ3v) is 3.39. The van der Waals surface area contributed by atoms with Gasteiger partial charge in [-0.1, -0.05) is 6.07 Å². The van der Waals surface area contributed by atoms with Gasteiger partial charge in [0.15, 0.2) is 0 Å². The van der Waals surface area contributed by atoms with Crippen LogP contribution in [0.5, 0.6) is 0 Å². The summed E-state index contributed by atoms with van der Waals surface area (Å²) in [5.74, 6) is -0.538. The second kappa shape index (κ2) is 5.59. The SMILES string of the molecule is CCN(Cc1cccs1)c1ncncc1C(=O)O. The van der Waals surface area contributed by atoms with Crippen LogP contribution in [-0.4, -0.2) is 27.6 Å². The van der Waals surface area contributed by atoms with Crippen molar-refractivity contribution in [3.8, 4) is 0 Å². The number of nitrogens with zero attached hydrogens (tertiary/aromatic N) is 3. The van der Waals surface area contributed by atoms with Gasteiger partial charge in [-0.25, -0.2) is 14.8 Å². The van der Waals surface area contributed by atoms with Crippen LogP contribution in [0.4, 0.5) is 5.82 Å². The number of carboxylic acids is 1. The van der Waals surface area contributed by atoms with Crippen molar-refractivity contribution < 1.29 is 9.90 Å². The molecule has 0 saturated heterocycles. The zero-order valence-electron chi connectivity index (χ0n) is 9.91. The van der Waals surface area contributed by atoms with Gasteiger partial charge < -0.3 is 10.0 Å². The molecule has 0 aliphatic rings. The van der Waals surface area contributed by atoms with E-state index < -0.39 is 5.97 Å². The standard InChI is InChI=1S/C12H13N3O2S/c1-2-15(7-9-4-3-5-18-9)11-10(12(16)17)6-13-8-14-11/h3-6,8H,2,7H2,1H3,(H,16,17). The highest BCUT2D eigenvalue weighted by Gasteiger charge is 2.17. The summed E-state index contributed by atoms with van der Waals surface area (Å²) in [6, 6.07) is 4.00. The maximum Gasteiger partial charge on any atom is 0.341 e. The van der Waals surface area contributed by atoms with E-state index in [1.165, 1.54) is 17.4 Å². The van der Waals surface area contributed by atoms with Crippen LogP contribution in [0, 0.1) is 0 Å². The Morgan fingerprint density at radius 3 is 3.00 bits per heavy atom. The molecule has 1 N–H and O–H groups in total. The van der Waals surface area contributed by atoms with Crippen molar-refractivity contribution in [3.63, 3.8) is 0 Å². The summed E-state index contributed by atoms with van der Waals surface area (Å²) in [5, 5.41) is 11.1. The Hall–Kier alpha value is -1.95. The van der Waals surface area contributed by atoms with Gasteiger partial charge in [-0.3, -0.25) is 0 Å². The molecule has 2 aromatic heterocycles. The first kappa shape index (κ1) is 12.5. The third kappa shape index (κ3) is 2.65. The lowest BCUT2D eigenvalue weighted by Crippen LogP contribution is -2.25. The smallest absolute Gasteiger partial charge is 0.341 e. The number of carboxylic acid groups (broad SMARTS) is 1. The van der Waals surface area contributed by atoms with Crippen molar-refractivity contribution in [3.05, 3.63) is 40.5 Å². The molecule has 0 aromatic carbocycles. The molecule has 0 saturated carbocycles. The first-order chi connectivity index (χ1) is 8.72. The first-order valence-electron chi connectivity index (χ1n) is 5.53. The van der Waals surface area contributed by atoms with Crippen molar-refractivity contribution in [2.24, 2.45) is 0 Å². The van der Waals surface area contributed by atoms with E-state index in [0.29, 0.717) is 18.9 Å². The molecule has 0 bridgehead atoms. The van der Waals surface area contributed by atoms with Crippen molar-refractivity contribution in [2.45, 2.75) is 13.5 Å². The summed E-state index contributed by atoms with van der Waals surface area (Å²) >= 11 is 1.64. The highest BCUT2D eigenvalue weighted by atomic mass is 32.1. The molecular weight excluding hydrogens is 250 g/mol. The molecule has 6 heteroatoms. The molecule has 0 spiro atoms. The Morgan fingerprint density at radius 2 is 2.39 bits per heavy atom. The number of hydrogen-bond acceptors (Lipinski definition) is 5. The van der Waals surface area contributed by atoms with Crippen molar-refractivity contribution in [2.75, 3.05) is 11.4 Å². The van der Waals surface area contributed by atoms with E-state index in [1.54, 1.807) is 11.3 Å². The van der Waals surface area contributed by atoms with Gasteiger partial charge in [0.1, 0.15) is 17.7 Å². The van der Waals surface area contributed by atoms with Crippen LogP contribution in [0.15, 0.2) is 30.0 Å². The number of aromatic carboxylic acids is 1. The molecular formula is C12H13N3O2S. The van der Waals surface area contributed by atoms with E-state index in [1.807, 2.05) is 29.3 Å². The van der Waals surface area contributed by atoms with Crippen molar-refractivity contribution >= 4 is 23.1 Å². The molecule has 18 heavy (non-hydrogen) atoms. The molecule has 5 nitrogen and oxygen atoms in total. The minimum Gasteiger partial charge on any atom is -0.477 e. The van der Waals surface area contributed by atoms with Gasteiger partial charge in [0, 0.05) is 17.6 Å². The van der Waals surface area contributed by atoms with E-state index in [0.717, 1.165) is 0 Å². The molecule has 2 rings (SSSR count). The van der Waals surface area contributed by atoms with Crippen LogP contribution in [0.3, 0.4) is 0 Å². The molecule has 0 aliphatic heterocycles. The molecule has 0 unspecified atom stereocenters. The number of thiophene rings is 1. The second-order valence-corrected chi connectivity index (χ2v) is 4.69. The highest BCUT2D eigenvalue weighted by molar-refractivity contribution is 7.09. The Bertz CT molecular complexity index is 528. The Balaban J connectivity index is 2.30. The van der Waals surface area contributed by atoms with E-state index in [9.17, 15) is 4.79 Å². The number of carbonyl (C=O) groups is 1. The number of anilines is 1. The normalized spacial score (nSPS) is 10.3. The molecule has 2 heterocycles. The summed E-state index contributed by atoms with van der Waals surface area (Å²) in [6.07, 6.45) is 2.71. The Morgan fingerprint density at radius 1 is 1.56 bits per heavy atom. The molecule has 0 aliphatic carbocycles. The summed E-state index contributed by atoms with van der Waals surface area (Å²) in [5.41, 5.74) is 0.135. The third-order valence-electron chi connectivity index (χ3n) is 2.53. The van der Waals surface area contributed by atoms with Crippen LogP contribution in [0.25, 0.3) is 0 Å². The predicted octanol–water partition coefficient (Wildman–Crippen LogP) is 2.26. The van der Waals surface area contributed by atoms with Crippen LogP contribution < -0.4 is 4.90 Å². The van der Waals surface area contributed by atoms with E-state index >= 15 is 0 Å². The van der Waals surface area contributed by atoms with Gasteiger partial charge in [-0.05, 0) is 18.4 Å². The molecule has 0 fully saturated rings. The zero-order chi connectivity index (χ0) is 13.0. The van der Waals surface area contributed by atoms with Gasteiger partial charge >= 0.3 is 5.97 Å². The number of hydrogen-bond donors (Lipinski definition) is 1. The van der Waals surface area contributed by atoms with E-state index in [-0.39, 0.29) is 5.56 Å². The largest absolute Gasteiger partial charge is 0.477 e. The highest BCUT2D eigenvalue weighted by Crippen LogP contribution is 2.20. The molecule has 94 valence electrons. The molecule has 0 atom stereocenters. The maximum absolute atomic E-state index is 11.1. The van der Waals surface area contributed by atoms with E-state index in [2.05, 4.69) is 9.97 Å². The molecule has 0 radical (unpaired) electrons. The minimum absolute atomic E-state index is 0.135. The van der Waals surface area contributed by atoms with Crippen molar-refractivity contribution in [1.82, 2.24) is 9.97 Å². The van der Waals surface area contributed by atoms with E-state index in [4.69, 9.17) is 5.11 Å². The Kier molecular flexibility index (Phi) is 3.88. The fourth-order valence-electron chi connectivity index (χ4n) is 1.65. The lowest BCUT2D eigenvalue weighted by Gasteiger charge is -2.22. The van der Waals surface area contributed by atoms with Crippen LogP contribution in [0.2, 0.25) is 0 Å². The van der Waals surface area contributed by atoms with Gasteiger partial charge in [0.2, 0.25) is 0 Å². The summed E-state index contributed by atoms with van der Waals surface area (Å²) in [7, 11) is 0. The van der Waals surface area contributed by atoms with Gasteiger partial charge in [-0.15, -0.1) is 11.3 Å². The maximum atomic E-state index is 11.1. The lowest BCUT2D eigenvalue weighted by molar-refractivity contribution is 0.0696. The van der Waals surface area contributed by atoms with Gasteiger partial charge in [0.25, 0.3) is 0 Å². The molecule has 0 amide bonds. The summed E-state index contributed by atoms with van der Waals surface area (Å²) in [4.78, 5) is 22.1. The lowest BCUT2D eigenvalue weighted by atomic mass is 10.3. The minimum atomic E-state index is -1.00. The van der Waals surface area contributed by atoms with Crippen molar-refractivity contribution in [1.29, 1.82) is 0 Å². The summed E-state index contributed by atoms with van der Waals surface area (Å²) < 4.78 is 0. The Labute approximate surface area is 109 Å². The fraction of sp³-hybridized carbons (Fsp3) is 0.250. The number of rotatable bonds is 5. The fourth-order valence-corrected chi connectivity index (χ4v) is 2.37. The van der Waals surface area contributed by atoms with Crippen LogP contribution in [0.1, 0.15) is 22.2 Å². The monoisotopic (exact) mass is 263 g/mol. The predicted molar refractivity (Wildman–Crippen MR) is 70.0 cm³/mol. The average molecular weight is 263 g/mol. The van der Waals surface area contributed by atoms with Gasteiger partial charge in [0.05, 0.1) is 6.54 Å². The quantitative estimate of drug-likeness (QED) is 0.896.